The molecule has 0 saturated heterocycles. The third-order valence-corrected chi connectivity index (χ3v) is 8.63. The molecular weight excluding hydrogens is 552 g/mol. The zero-order chi connectivity index (χ0) is 30.2. The molecule has 45 heavy (non-hydrogen) atoms. The van der Waals surface area contributed by atoms with E-state index in [1.54, 1.807) is 7.11 Å². The van der Waals surface area contributed by atoms with Crippen LogP contribution in [0.4, 0.5) is 0 Å². The quantitative estimate of drug-likeness (QED) is 0.212. The van der Waals surface area contributed by atoms with Gasteiger partial charge in [0, 0.05) is 40.7 Å². The van der Waals surface area contributed by atoms with Crippen LogP contribution in [-0.4, -0.2) is 26.0 Å². The lowest BCUT2D eigenvalue weighted by molar-refractivity contribution is 0.415. The maximum atomic E-state index is 7.29. The van der Waals surface area contributed by atoms with E-state index in [1.165, 1.54) is 0 Å². The van der Waals surface area contributed by atoms with E-state index in [0.717, 1.165) is 103 Å². The molecule has 1 N–H and O–H groups in total. The van der Waals surface area contributed by atoms with Crippen molar-refractivity contribution in [2.75, 3.05) is 20.2 Å². The van der Waals surface area contributed by atoms with Crippen LogP contribution in [0.3, 0.4) is 0 Å². The smallest absolute Gasteiger partial charge is 0.147 e. The van der Waals surface area contributed by atoms with Crippen molar-refractivity contribution in [2.24, 2.45) is 4.99 Å². The average Bonchev–Trinajstić information content (AvgIpc) is 3.13. The molecule has 4 nitrogen and oxygen atoms in total. The molecule has 0 spiro atoms. The molecule has 0 radical (unpaired) electrons. The maximum Gasteiger partial charge on any atom is 0.147 e. The molecule has 0 saturated carbocycles. The van der Waals surface area contributed by atoms with Crippen molar-refractivity contribution in [3.63, 3.8) is 0 Å². The fourth-order valence-electron chi connectivity index (χ4n) is 6.66. The number of methoxy groups -OCH3 is 1. The van der Waals surface area contributed by atoms with E-state index in [0.29, 0.717) is 0 Å². The molecule has 6 aromatic rings. The van der Waals surface area contributed by atoms with E-state index < -0.39 is 0 Å². The summed E-state index contributed by atoms with van der Waals surface area (Å²) in [7, 11) is 1.74. The molecule has 8 rings (SSSR count). The Morgan fingerprint density at radius 2 is 1.22 bits per heavy atom. The number of ether oxygens (including phenoxy) is 2. The summed E-state index contributed by atoms with van der Waals surface area (Å²) in [5.74, 6) is 3.29. The highest BCUT2D eigenvalue weighted by Gasteiger charge is 2.34. The van der Waals surface area contributed by atoms with E-state index in [9.17, 15) is 0 Å². The predicted octanol–water partition coefficient (Wildman–Crippen LogP) is 9.23. The molecule has 0 aromatic heterocycles. The summed E-state index contributed by atoms with van der Waals surface area (Å²) in [6, 6.07) is 46.5. The SMILES string of the molecule is COc1cc2c3c(c(C4=NCCCN4)c(-c4ccccc4)c(-c4ccccc4)c3c1)OC(c1ccccc1)=C2c1ccccc1. The van der Waals surface area contributed by atoms with Gasteiger partial charge in [-0.25, -0.2) is 0 Å². The number of rotatable bonds is 6. The van der Waals surface area contributed by atoms with E-state index in [4.69, 9.17) is 14.5 Å². The molecule has 0 bridgehead atoms. The Bertz CT molecular complexity index is 2090. The Kier molecular flexibility index (Phi) is 6.88. The number of aliphatic imine (C=N–C) groups is 1. The number of hydrogen-bond donors (Lipinski definition) is 1. The molecule has 4 heteroatoms. The first-order valence-corrected chi connectivity index (χ1v) is 15.5. The van der Waals surface area contributed by atoms with Gasteiger partial charge in [-0.15, -0.1) is 0 Å². The number of nitrogens with one attached hydrogen (secondary N) is 1. The van der Waals surface area contributed by atoms with Crippen LogP contribution in [0.15, 0.2) is 138 Å². The third-order valence-electron chi connectivity index (χ3n) is 8.63. The number of benzene rings is 6. The third kappa shape index (κ3) is 4.67. The Morgan fingerprint density at radius 3 is 1.80 bits per heavy atom. The summed E-state index contributed by atoms with van der Waals surface area (Å²) in [6.45, 7) is 1.62. The van der Waals surface area contributed by atoms with Gasteiger partial charge in [0.2, 0.25) is 0 Å². The van der Waals surface area contributed by atoms with Gasteiger partial charge in [0.15, 0.2) is 0 Å². The molecule has 0 fully saturated rings. The Hall–Kier alpha value is -5.61. The molecule has 6 aromatic carbocycles. The maximum absolute atomic E-state index is 7.29. The summed E-state index contributed by atoms with van der Waals surface area (Å²) in [5, 5.41) is 5.78. The van der Waals surface area contributed by atoms with Crippen LogP contribution in [0.25, 0.3) is 44.4 Å². The van der Waals surface area contributed by atoms with Gasteiger partial charge in [-0.1, -0.05) is 121 Å². The van der Waals surface area contributed by atoms with E-state index >= 15 is 0 Å². The van der Waals surface area contributed by atoms with Gasteiger partial charge in [0.25, 0.3) is 0 Å². The zero-order valence-electron chi connectivity index (χ0n) is 25.1. The van der Waals surface area contributed by atoms with Crippen LogP contribution in [0.1, 0.15) is 28.7 Å². The van der Waals surface area contributed by atoms with Crippen LogP contribution >= 0.6 is 0 Å². The highest BCUT2D eigenvalue weighted by molar-refractivity contribution is 6.23. The molecule has 0 amide bonds. The standard InChI is InChI=1S/C41H32N2O2/c1-44-31-25-32-34(27-15-6-2-7-16-27)36(29-19-10-4-11-20-29)38(41-42-23-14-24-43-41)40-37(32)33(26-31)35(28-17-8-3-9-18-28)39(45-40)30-21-12-5-13-22-30/h2-13,15-22,25-26H,14,23-24H2,1H3,(H,42,43). The first-order valence-electron chi connectivity index (χ1n) is 15.5. The Morgan fingerprint density at radius 1 is 0.644 bits per heavy atom. The lowest BCUT2D eigenvalue weighted by Crippen LogP contribution is -2.31. The van der Waals surface area contributed by atoms with Gasteiger partial charge >= 0.3 is 0 Å². The molecule has 0 aliphatic carbocycles. The van der Waals surface area contributed by atoms with Gasteiger partial charge in [-0.3, -0.25) is 4.99 Å². The molecule has 2 aliphatic heterocycles. The van der Waals surface area contributed by atoms with Gasteiger partial charge < -0.3 is 14.8 Å². The van der Waals surface area contributed by atoms with Gasteiger partial charge in [0.05, 0.1) is 12.7 Å². The second-order valence-corrected chi connectivity index (χ2v) is 11.3. The van der Waals surface area contributed by atoms with Gasteiger partial charge in [-0.2, -0.15) is 0 Å². The zero-order valence-corrected chi connectivity index (χ0v) is 25.1. The summed E-state index contributed by atoms with van der Waals surface area (Å²) >= 11 is 0. The molecule has 218 valence electrons. The highest BCUT2D eigenvalue weighted by atomic mass is 16.5. The monoisotopic (exact) mass is 584 g/mol. The van der Waals surface area contributed by atoms with E-state index in [1.807, 2.05) is 6.07 Å². The van der Waals surface area contributed by atoms with Crippen LogP contribution < -0.4 is 14.8 Å². The fourth-order valence-corrected chi connectivity index (χ4v) is 6.66. The van der Waals surface area contributed by atoms with Crippen LogP contribution in [-0.2, 0) is 0 Å². The van der Waals surface area contributed by atoms with Crippen molar-refractivity contribution >= 4 is 27.9 Å². The van der Waals surface area contributed by atoms with Gasteiger partial charge in [-0.05, 0) is 46.2 Å². The van der Waals surface area contributed by atoms with Crippen molar-refractivity contribution < 1.29 is 9.47 Å². The van der Waals surface area contributed by atoms with Gasteiger partial charge in [0.1, 0.15) is 23.1 Å². The first kappa shape index (κ1) is 27.0. The molecule has 2 heterocycles. The predicted molar refractivity (Wildman–Crippen MR) is 185 cm³/mol. The minimum atomic E-state index is 0.765. The normalized spacial score (nSPS) is 14.0. The second kappa shape index (κ2) is 11.5. The molecular formula is C41H32N2O2. The van der Waals surface area contributed by atoms with E-state index in [2.05, 4.69) is 133 Å². The molecule has 0 unspecified atom stereocenters. The second-order valence-electron chi connectivity index (χ2n) is 11.3. The Labute approximate surface area is 263 Å². The largest absolute Gasteiger partial charge is 0.497 e. The number of nitrogens with zero attached hydrogens (tertiary/aromatic N) is 1. The summed E-state index contributed by atoms with van der Waals surface area (Å²) in [4.78, 5) is 5.08. The lowest BCUT2D eigenvalue weighted by atomic mass is 9.80. The Balaban J connectivity index is 1.60. The van der Waals surface area contributed by atoms with Crippen LogP contribution in [0, 0.1) is 0 Å². The van der Waals surface area contributed by atoms with Crippen LogP contribution in [0.5, 0.6) is 11.5 Å². The summed E-state index contributed by atoms with van der Waals surface area (Å²) in [6.07, 6.45) is 0.995. The van der Waals surface area contributed by atoms with Crippen molar-refractivity contribution in [2.45, 2.75) is 6.42 Å². The molecule has 2 aliphatic rings. The summed E-state index contributed by atoms with van der Waals surface area (Å²) in [5.41, 5.74) is 9.64. The summed E-state index contributed by atoms with van der Waals surface area (Å²) < 4.78 is 13.3. The fraction of sp³-hybridized carbons (Fsp3) is 0.0976. The number of hydrogen-bond acceptors (Lipinski definition) is 4. The average molecular weight is 585 g/mol. The lowest BCUT2D eigenvalue weighted by Gasteiger charge is -2.31. The number of amidine groups is 1. The minimum Gasteiger partial charge on any atom is -0.497 e. The van der Waals surface area contributed by atoms with Crippen molar-refractivity contribution in [3.8, 4) is 33.8 Å². The van der Waals surface area contributed by atoms with Crippen molar-refractivity contribution in [1.82, 2.24) is 5.32 Å². The highest BCUT2D eigenvalue weighted by Crippen LogP contribution is 2.54. The topological polar surface area (TPSA) is 42.8 Å². The van der Waals surface area contributed by atoms with Crippen molar-refractivity contribution in [3.05, 3.63) is 156 Å². The van der Waals surface area contributed by atoms with Crippen molar-refractivity contribution in [1.29, 1.82) is 0 Å². The first-order chi connectivity index (χ1) is 22.3. The van der Waals surface area contributed by atoms with Crippen LogP contribution in [0.2, 0.25) is 0 Å². The molecule has 0 atom stereocenters. The minimum absolute atomic E-state index is 0.765. The van der Waals surface area contributed by atoms with E-state index in [-0.39, 0.29) is 0 Å².